The van der Waals surface area contributed by atoms with Crippen LogP contribution in [0.2, 0.25) is 0 Å². The van der Waals surface area contributed by atoms with Gasteiger partial charge in [0.15, 0.2) is 11.5 Å². The van der Waals surface area contributed by atoms with Crippen molar-refractivity contribution in [2.24, 2.45) is 5.73 Å². The minimum absolute atomic E-state index is 0.0278. The van der Waals surface area contributed by atoms with Crippen molar-refractivity contribution < 1.29 is 29.6 Å². The van der Waals surface area contributed by atoms with Gasteiger partial charge < -0.3 is 25.8 Å². The van der Waals surface area contributed by atoms with Gasteiger partial charge >= 0.3 is 11.9 Å². The van der Waals surface area contributed by atoms with Crippen LogP contribution in [0.15, 0.2) is 24.3 Å². The van der Waals surface area contributed by atoms with E-state index in [-0.39, 0.29) is 12.2 Å². The lowest BCUT2D eigenvalue weighted by atomic mass is 10.2. The summed E-state index contributed by atoms with van der Waals surface area (Å²) in [5.74, 6) is -1.44. The van der Waals surface area contributed by atoms with Crippen LogP contribution in [-0.4, -0.2) is 40.9 Å². The SMILES string of the molecule is COc1cc(/C=C/C(=O)O)ccc1O.NCCCC(=O)O. The first-order valence-corrected chi connectivity index (χ1v) is 6.10. The maximum absolute atomic E-state index is 10.2. The van der Waals surface area contributed by atoms with Crippen LogP contribution >= 0.6 is 0 Å². The van der Waals surface area contributed by atoms with E-state index in [0.717, 1.165) is 6.08 Å². The molecule has 0 unspecified atom stereocenters. The Labute approximate surface area is 122 Å². The fraction of sp³-hybridized carbons (Fsp3) is 0.286. The number of nitrogens with two attached hydrogens (primary N) is 1. The lowest BCUT2D eigenvalue weighted by molar-refractivity contribution is -0.137. The first kappa shape index (κ1) is 18.5. The molecular formula is C14H19NO6. The molecule has 0 saturated carbocycles. The molecule has 0 heterocycles. The summed E-state index contributed by atoms with van der Waals surface area (Å²) in [6.45, 7) is 0.465. The van der Waals surface area contributed by atoms with Crippen LogP contribution in [0.1, 0.15) is 18.4 Å². The van der Waals surface area contributed by atoms with Gasteiger partial charge in [-0.3, -0.25) is 4.79 Å². The van der Waals surface area contributed by atoms with Gasteiger partial charge in [-0.25, -0.2) is 4.79 Å². The number of phenols is 1. The van der Waals surface area contributed by atoms with E-state index in [0.29, 0.717) is 24.3 Å². The lowest BCUT2D eigenvalue weighted by Gasteiger charge is -2.03. The van der Waals surface area contributed by atoms with Crippen LogP contribution in [0.3, 0.4) is 0 Å². The molecule has 0 aliphatic carbocycles. The van der Waals surface area contributed by atoms with Crippen molar-refractivity contribution in [3.05, 3.63) is 29.8 Å². The zero-order valence-electron chi connectivity index (χ0n) is 11.7. The van der Waals surface area contributed by atoms with Crippen molar-refractivity contribution in [3.8, 4) is 11.5 Å². The monoisotopic (exact) mass is 297 g/mol. The van der Waals surface area contributed by atoms with E-state index in [1.165, 1.54) is 19.3 Å². The third-order valence-corrected chi connectivity index (χ3v) is 2.22. The predicted octanol–water partition coefficient (Wildman–Crippen LogP) is 1.31. The number of aliphatic carboxylic acids is 2. The summed E-state index contributed by atoms with van der Waals surface area (Å²) in [6, 6.07) is 4.59. The molecule has 21 heavy (non-hydrogen) atoms. The number of hydrogen-bond donors (Lipinski definition) is 4. The Hall–Kier alpha value is -2.54. The molecule has 5 N–H and O–H groups in total. The van der Waals surface area contributed by atoms with Crippen molar-refractivity contribution in [1.82, 2.24) is 0 Å². The maximum atomic E-state index is 10.2. The largest absolute Gasteiger partial charge is 0.504 e. The van der Waals surface area contributed by atoms with E-state index in [9.17, 15) is 14.7 Å². The van der Waals surface area contributed by atoms with Crippen molar-refractivity contribution in [3.63, 3.8) is 0 Å². The average molecular weight is 297 g/mol. The van der Waals surface area contributed by atoms with Gasteiger partial charge in [0.05, 0.1) is 7.11 Å². The third kappa shape index (κ3) is 9.06. The van der Waals surface area contributed by atoms with Crippen molar-refractivity contribution in [2.45, 2.75) is 12.8 Å². The highest BCUT2D eigenvalue weighted by molar-refractivity contribution is 5.85. The number of hydrogen-bond acceptors (Lipinski definition) is 5. The number of carboxylic acid groups (broad SMARTS) is 2. The third-order valence-electron chi connectivity index (χ3n) is 2.22. The number of carbonyl (C=O) groups is 2. The van der Waals surface area contributed by atoms with Crippen molar-refractivity contribution >= 4 is 18.0 Å². The van der Waals surface area contributed by atoms with Crippen LogP contribution in [0, 0.1) is 0 Å². The molecule has 0 aliphatic heterocycles. The molecule has 7 nitrogen and oxygen atoms in total. The number of benzene rings is 1. The van der Waals surface area contributed by atoms with Crippen LogP contribution in [0.4, 0.5) is 0 Å². The molecule has 0 bridgehead atoms. The fourth-order valence-electron chi connectivity index (χ4n) is 1.22. The van der Waals surface area contributed by atoms with E-state index < -0.39 is 11.9 Å². The van der Waals surface area contributed by atoms with Crippen LogP contribution in [0.25, 0.3) is 6.08 Å². The molecular weight excluding hydrogens is 278 g/mol. The van der Waals surface area contributed by atoms with E-state index in [1.807, 2.05) is 0 Å². The second-order valence-electron chi connectivity index (χ2n) is 3.89. The van der Waals surface area contributed by atoms with Gasteiger partial charge in [-0.05, 0) is 36.7 Å². The number of carboxylic acids is 2. The average Bonchev–Trinajstić information content (AvgIpc) is 2.44. The molecule has 0 radical (unpaired) electrons. The topological polar surface area (TPSA) is 130 Å². The lowest BCUT2D eigenvalue weighted by Crippen LogP contribution is -2.02. The Kier molecular flexibility index (Phi) is 9.03. The highest BCUT2D eigenvalue weighted by Crippen LogP contribution is 2.26. The van der Waals surface area contributed by atoms with Crippen molar-refractivity contribution in [2.75, 3.05) is 13.7 Å². The first-order valence-electron chi connectivity index (χ1n) is 6.10. The summed E-state index contributed by atoms with van der Waals surface area (Å²) in [5.41, 5.74) is 5.67. The minimum Gasteiger partial charge on any atom is -0.504 e. The quantitative estimate of drug-likeness (QED) is 0.582. The molecule has 0 spiro atoms. The molecule has 7 heteroatoms. The molecule has 0 fully saturated rings. The Bertz CT molecular complexity index is 498. The molecule has 0 aliphatic rings. The maximum Gasteiger partial charge on any atom is 0.328 e. The van der Waals surface area contributed by atoms with Crippen molar-refractivity contribution in [1.29, 1.82) is 0 Å². The normalized spacial score (nSPS) is 9.81. The zero-order valence-corrected chi connectivity index (χ0v) is 11.7. The van der Waals surface area contributed by atoms with Gasteiger partial charge in [-0.2, -0.15) is 0 Å². The van der Waals surface area contributed by atoms with E-state index in [2.05, 4.69) is 0 Å². The smallest absolute Gasteiger partial charge is 0.328 e. The second kappa shape index (κ2) is 10.3. The summed E-state index contributed by atoms with van der Waals surface area (Å²) >= 11 is 0. The van der Waals surface area contributed by atoms with Crippen LogP contribution < -0.4 is 10.5 Å². The van der Waals surface area contributed by atoms with Gasteiger partial charge in [-0.15, -0.1) is 0 Å². The molecule has 1 aromatic rings. The van der Waals surface area contributed by atoms with Gasteiger partial charge in [0.2, 0.25) is 0 Å². The molecule has 0 saturated heterocycles. The Balaban J connectivity index is 0.000000486. The molecule has 1 aromatic carbocycles. The second-order valence-corrected chi connectivity index (χ2v) is 3.89. The fourth-order valence-corrected chi connectivity index (χ4v) is 1.22. The molecule has 1 rings (SSSR count). The Morgan fingerprint density at radius 2 is 2.00 bits per heavy atom. The highest BCUT2D eigenvalue weighted by Gasteiger charge is 2.00. The summed E-state index contributed by atoms with van der Waals surface area (Å²) in [5, 5.41) is 25.6. The Morgan fingerprint density at radius 3 is 2.43 bits per heavy atom. The molecule has 0 atom stereocenters. The van der Waals surface area contributed by atoms with E-state index >= 15 is 0 Å². The number of ether oxygens (including phenoxy) is 1. The van der Waals surface area contributed by atoms with Gasteiger partial charge in [0.1, 0.15) is 0 Å². The van der Waals surface area contributed by atoms with E-state index in [1.54, 1.807) is 12.1 Å². The van der Waals surface area contributed by atoms with Gasteiger partial charge in [0.25, 0.3) is 0 Å². The number of methoxy groups -OCH3 is 1. The number of rotatable bonds is 6. The summed E-state index contributed by atoms with van der Waals surface area (Å²) in [4.78, 5) is 19.9. The summed E-state index contributed by atoms with van der Waals surface area (Å²) in [6.07, 6.45) is 3.21. The van der Waals surface area contributed by atoms with Crippen LogP contribution in [-0.2, 0) is 9.59 Å². The summed E-state index contributed by atoms with van der Waals surface area (Å²) in [7, 11) is 1.43. The van der Waals surface area contributed by atoms with Gasteiger partial charge in [-0.1, -0.05) is 6.07 Å². The highest BCUT2D eigenvalue weighted by atomic mass is 16.5. The van der Waals surface area contributed by atoms with E-state index in [4.69, 9.17) is 20.7 Å². The first-order chi connectivity index (χ1) is 9.90. The number of aromatic hydroxyl groups is 1. The summed E-state index contributed by atoms with van der Waals surface area (Å²) < 4.78 is 4.86. The molecule has 0 aromatic heterocycles. The zero-order chi connectivity index (χ0) is 16.3. The van der Waals surface area contributed by atoms with Gasteiger partial charge in [0, 0.05) is 12.5 Å². The number of phenolic OH excluding ortho intramolecular Hbond substituents is 1. The Morgan fingerprint density at radius 1 is 1.33 bits per heavy atom. The molecule has 0 amide bonds. The molecule has 116 valence electrons. The minimum atomic E-state index is -1.02. The van der Waals surface area contributed by atoms with Crippen LogP contribution in [0.5, 0.6) is 11.5 Å². The predicted molar refractivity (Wildman–Crippen MR) is 77.3 cm³/mol. The standard InChI is InChI=1S/C10H10O4.C4H9NO2/c1-14-9-6-7(2-4-8(9)11)3-5-10(12)13;5-3-1-2-4(6)7/h2-6,11H,1H3,(H,12,13);1-3,5H2,(H,6,7)/b5-3+;.